The zero-order chi connectivity index (χ0) is 22.0. The quantitative estimate of drug-likeness (QED) is 0.692. The summed E-state index contributed by atoms with van der Waals surface area (Å²) in [4.78, 5) is 38.9. The SMILES string of the molecule is CN(C)S(=O)(=O)c1cccc(C(=O)NNC(=O)C2CCCN2C(=O)C(C)(C)C)c1. The molecule has 0 aromatic heterocycles. The van der Waals surface area contributed by atoms with Gasteiger partial charge in [-0.25, -0.2) is 12.7 Å². The first-order chi connectivity index (χ1) is 13.4. The van der Waals surface area contributed by atoms with Gasteiger partial charge in [0.1, 0.15) is 6.04 Å². The Hall–Kier alpha value is -2.46. The monoisotopic (exact) mass is 424 g/mol. The van der Waals surface area contributed by atoms with E-state index in [0.29, 0.717) is 19.4 Å². The highest BCUT2D eigenvalue weighted by atomic mass is 32.2. The van der Waals surface area contributed by atoms with E-state index >= 15 is 0 Å². The van der Waals surface area contributed by atoms with Gasteiger partial charge in [-0.15, -0.1) is 0 Å². The van der Waals surface area contributed by atoms with Gasteiger partial charge in [0, 0.05) is 31.6 Å². The third-order valence-electron chi connectivity index (χ3n) is 4.63. The molecular weight excluding hydrogens is 396 g/mol. The van der Waals surface area contributed by atoms with E-state index in [-0.39, 0.29) is 16.4 Å². The lowest BCUT2D eigenvalue weighted by atomic mass is 9.94. The minimum absolute atomic E-state index is 0.0285. The fourth-order valence-electron chi connectivity index (χ4n) is 3.00. The summed E-state index contributed by atoms with van der Waals surface area (Å²) in [5.74, 6) is -1.26. The van der Waals surface area contributed by atoms with Crippen molar-refractivity contribution in [3.8, 4) is 0 Å². The molecule has 3 amide bonds. The highest BCUT2D eigenvalue weighted by Gasteiger charge is 2.38. The first-order valence-electron chi connectivity index (χ1n) is 9.29. The Kier molecular flexibility index (Phi) is 6.69. The second kappa shape index (κ2) is 8.50. The van der Waals surface area contributed by atoms with Crippen LogP contribution < -0.4 is 10.9 Å². The lowest BCUT2D eigenvalue weighted by molar-refractivity contribution is -0.144. The maximum absolute atomic E-state index is 12.5. The van der Waals surface area contributed by atoms with E-state index in [0.717, 1.165) is 4.31 Å². The molecule has 1 heterocycles. The predicted molar refractivity (Wildman–Crippen MR) is 107 cm³/mol. The van der Waals surface area contributed by atoms with E-state index in [1.807, 2.05) is 0 Å². The molecule has 1 saturated heterocycles. The van der Waals surface area contributed by atoms with Crippen molar-refractivity contribution in [2.75, 3.05) is 20.6 Å². The standard InChI is InChI=1S/C19H28N4O5S/c1-19(2,3)18(26)23-11-7-10-15(23)17(25)21-20-16(24)13-8-6-9-14(12-13)29(27,28)22(4)5/h6,8-9,12,15H,7,10-11H2,1-5H3,(H,20,24)(H,21,25). The molecular formula is C19H28N4O5S. The van der Waals surface area contributed by atoms with Crippen molar-refractivity contribution in [2.24, 2.45) is 5.41 Å². The van der Waals surface area contributed by atoms with Gasteiger partial charge in [-0.05, 0) is 31.0 Å². The predicted octanol–water partition coefficient (Wildman–Crippen LogP) is 0.735. The summed E-state index contributed by atoms with van der Waals surface area (Å²) in [5.41, 5.74) is 4.12. The van der Waals surface area contributed by atoms with Gasteiger partial charge >= 0.3 is 0 Å². The Bertz CT molecular complexity index is 905. The minimum atomic E-state index is -3.69. The van der Waals surface area contributed by atoms with Crippen LogP contribution in [0, 0.1) is 5.41 Å². The van der Waals surface area contributed by atoms with E-state index in [4.69, 9.17) is 0 Å². The fourth-order valence-corrected chi connectivity index (χ4v) is 3.94. The van der Waals surface area contributed by atoms with Crippen molar-refractivity contribution in [1.82, 2.24) is 20.1 Å². The summed E-state index contributed by atoms with van der Waals surface area (Å²) in [6, 6.07) is 4.87. The molecule has 2 rings (SSSR count). The average molecular weight is 425 g/mol. The number of carbonyl (C=O) groups excluding carboxylic acids is 3. The molecule has 2 N–H and O–H groups in total. The van der Waals surface area contributed by atoms with Crippen LogP contribution in [0.3, 0.4) is 0 Å². The van der Waals surface area contributed by atoms with Gasteiger partial charge in [0.2, 0.25) is 15.9 Å². The first kappa shape index (κ1) is 22.8. The first-order valence-corrected chi connectivity index (χ1v) is 10.7. The topological polar surface area (TPSA) is 116 Å². The third-order valence-corrected chi connectivity index (χ3v) is 6.44. The van der Waals surface area contributed by atoms with Gasteiger partial charge < -0.3 is 4.90 Å². The van der Waals surface area contributed by atoms with E-state index in [1.165, 1.54) is 43.3 Å². The van der Waals surface area contributed by atoms with Crippen molar-refractivity contribution < 1.29 is 22.8 Å². The van der Waals surface area contributed by atoms with Gasteiger partial charge in [0.15, 0.2) is 0 Å². The summed E-state index contributed by atoms with van der Waals surface area (Å²) in [6.07, 6.45) is 1.22. The van der Waals surface area contributed by atoms with E-state index in [2.05, 4.69) is 10.9 Å². The molecule has 1 atom stereocenters. The van der Waals surface area contributed by atoms with Crippen molar-refractivity contribution in [2.45, 2.75) is 44.6 Å². The van der Waals surface area contributed by atoms with Gasteiger partial charge in [0.05, 0.1) is 4.90 Å². The van der Waals surface area contributed by atoms with Crippen LogP contribution in [0.25, 0.3) is 0 Å². The van der Waals surface area contributed by atoms with Crippen molar-refractivity contribution >= 4 is 27.7 Å². The maximum atomic E-state index is 12.5. The second-order valence-electron chi connectivity index (χ2n) is 8.17. The van der Waals surface area contributed by atoms with Crippen LogP contribution >= 0.6 is 0 Å². The molecule has 1 fully saturated rings. The zero-order valence-corrected chi connectivity index (χ0v) is 18.2. The van der Waals surface area contributed by atoms with Crippen LogP contribution in [0.15, 0.2) is 29.2 Å². The number of nitrogens with zero attached hydrogens (tertiary/aromatic N) is 2. The van der Waals surface area contributed by atoms with Gasteiger partial charge in [-0.3, -0.25) is 25.2 Å². The highest BCUT2D eigenvalue weighted by molar-refractivity contribution is 7.89. The van der Waals surface area contributed by atoms with Crippen LogP contribution in [0.2, 0.25) is 0 Å². The Morgan fingerprint density at radius 2 is 1.79 bits per heavy atom. The summed E-state index contributed by atoms with van der Waals surface area (Å²) in [6.45, 7) is 5.87. The number of hydrazine groups is 1. The maximum Gasteiger partial charge on any atom is 0.269 e. The second-order valence-corrected chi connectivity index (χ2v) is 10.3. The largest absolute Gasteiger partial charge is 0.330 e. The van der Waals surface area contributed by atoms with E-state index < -0.39 is 33.3 Å². The molecule has 10 heteroatoms. The van der Waals surface area contributed by atoms with Gasteiger partial charge in [-0.2, -0.15) is 0 Å². The lowest BCUT2D eigenvalue weighted by Crippen LogP contribution is -2.53. The number of benzene rings is 1. The summed E-state index contributed by atoms with van der Waals surface area (Å²) >= 11 is 0. The Labute approximate surface area is 171 Å². The zero-order valence-electron chi connectivity index (χ0n) is 17.4. The van der Waals surface area contributed by atoms with E-state index in [9.17, 15) is 22.8 Å². The molecule has 0 saturated carbocycles. The molecule has 1 aromatic carbocycles. The van der Waals surface area contributed by atoms with Crippen LogP contribution in [0.4, 0.5) is 0 Å². The molecule has 0 radical (unpaired) electrons. The fraction of sp³-hybridized carbons (Fsp3) is 0.526. The number of hydrogen-bond donors (Lipinski definition) is 2. The number of hydrogen-bond acceptors (Lipinski definition) is 5. The molecule has 1 aliphatic heterocycles. The number of rotatable bonds is 4. The van der Waals surface area contributed by atoms with Crippen LogP contribution in [0.5, 0.6) is 0 Å². The van der Waals surface area contributed by atoms with Gasteiger partial charge in [0.25, 0.3) is 11.8 Å². The summed E-state index contributed by atoms with van der Waals surface area (Å²) < 4.78 is 25.5. The number of carbonyl (C=O) groups is 3. The van der Waals surface area contributed by atoms with Crippen molar-refractivity contribution in [3.63, 3.8) is 0 Å². The third kappa shape index (κ3) is 5.13. The summed E-state index contributed by atoms with van der Waals surface area (Å²) in [5, 5.41) is 0. The molecule has 1 aromatic rings. The molecule has 1 aliphatic rings. The lowest BCUT2D eigenvalue weighted by Gasteiger charge is -2.30. The highest BCUT2D eigenvalue weighted by Crippen LogP contribution is 2.25. The summed E-state index contributed by atoms with van der Waals surface area (Å²) in [7, 11) is -0.892. The van der Waals surface area contributed by atoms with Crippen LogP contribution in [-0.2, 0) is 19.6 Å². The molecule has 29 heavy (non-hydrogen) atoms. The van der Waals surface area contributed by atoms with Crippen molar-refractivity contribution in [1.29, 1.82) is 0 Å². The molecule has 0 aliphatic carbocycles. The molecule has 0 spiro atoms. The number of likely N-dealkylation sites (tertiary alicyclic amines) is 1. The van der Waals surface area contributed by atoms with Crippen molar-refractivity contribution in [3.05, 3.63) is 29.8 Å². The molecule has 1 unspecified atom stereocenters. The molecule has 9 nitrogen and oxygen atoms in total. The smallest absolute Gasteiger partial charge is 0.269 e. The minimum Gasteiger partial charge on any atom is -0.330 e. The van der Waals surface area contributed by atoms with Gasteiger partial charge in [-0.1, -0.05) is 26.8 Å². The Morgan fingerprint density at radius 1 is 1.14 bits per heavy atom. The molecule has 0 bridgehead atoms. The Balaban J connectivity index is 2.06. The average Bonchev–Trinajstić information content (AvgIpc) is 3.14. The molecule has 160 valence electrons. The van der Waals surface area contributed by atoms with E-state index in [1.54, 1.807) is 20.8 Å². The number of nitrogens with one attached hydrogen (secondary N) is 2. The Morgan fingerprint density at radius 3 is 2.38 bits per heavy atom. The van der Waals surface area contributed by atoms with Crippen LogP contribution in [0.1, 0.15) is 44.0 Å². The normalized spacial score (nSPS) is 17.3. The van der Waals surface area contributed by atoms with Crippen LogP contribution in [-0.4, -0.2) is 62.0 Å². The number of amides is 3. The number of sulfonamides is 1.